The van der Waals surface area contributed by atoms with Gasteiger partial charge in [0, 0.05) is 24.0 Å². The fraction of sp³-hybridized carbons (Fsp3) is 0.600. The zero-order valence-corrected chi connectivity index (χ0v) is 13.2. The third-order valence-electron chi connectivity index (χ3n) is 3.48. The number of benzene rings is 1. The average molecular weight is 332 g/mol. The van der Waals surface area contributed by atoms with Crippen molar-refractivity contribution in [3.8, 4) is 0 Å². The molecule has 1 saturated heterocycles. The molecule has 1 nitrogen and oxygen atoms in total. The molecule has 4 heteroatoms. The summed E-state index contributed by atoms with van der Waals surface area (Å²) in [5, 5.41) is 0. The molecule has 19 heavy (non-hydrogen) atoms. The molecule has 0 aliphatic carbocycles. The summed E-state index contributed by atoms with van der Waals surface area (Å²) in [6.07, 6.45) is -0.0207. The van der Waals surface area contributed by atoms with Gasteiger partial charge in [-0.15, -0.1) is 0 Å². The first-order valence-electron chi connectivity index (χ1n) is 6.56. The lowest BCUT2D eigenvalue weighted by atomic mass is 9.86. The largest absolute Gasteiger partial charge is 0.293 e. The molecule has 0 saturated carbocycles. The third kappa shape index (κ3) is 3.99. The van der Waals surface area contributed by atoms with E-state index in [0.717, 1.165) is 10.0 Å². The lowest BCUT2D eigenvalue weighted by molar-refractivity contribution is 0.0115. The molecular formula is C15H20BrF2N. The van der Waals surface area contributed by atoms with E-state index in [4.69, 9.17) is 0 Å². The Morgan fingerprint density at radius 1 is 1.26 bits per heavy atom. The quantitative estimate of drug-likeness (QED) is 0.766. The van der Waals surface area contributed by atoms with Crippen LogP contribution in [0.2, 0.25) is 0 Å². The second-order valence-electron chi connectivity index (χ2n) is 6.41. The van der Waals surface area contributed by atoms with Crippen LogP contribution in [0.4, 0.5) is 8.78 Å². The van der Waals surface area contributed by atoms with Crippen LogP contribution in [0, 0.1) is 0 Å². The average Bonchev–Trinajstić information content (AvgIpc) is 2.55. The van der Waals surface area contributed by atoms with Gasteiger partial charge in [-0.25, -0.2) is 8.78 Å². The van der Waals surface area contributed by atoms with Crippen molar-refractivity contribution >= 4 is 15.9 Å². The molecule has 1 aromatic rings. The van der Waals surface area contributed by atoms with Crippen LogP contribution in [-0.2, 0) is 12.0 Å². The van der Waals surface area contributed by atoms with Gasteiger partial charge in [-0.3, -0.25) is 4.90 Å². The van der Waals surface area contributed by atoms with E-state index in [2.05, 4.69) is 48.8 Å². The van der Waals surface area contributed by atoms with Gasteiger partial charge in [0.05, 0.1) is 6.54 Å². The second-order valence-corrected chi connectivity index (χ2v) is 7.33. The van der Waals surface area contributed by atoms with Gasteiger partial charge in [0.2, 0.25) is 0 Å². The molecule has 0 aromatic heterocycles. The number of alkyl halides is 2. The minimum Gasteiger partial charge on any atom is -0.293 e. The molecule has 1 fully saturated rings. The van der Waals surface area contributed by atoms with Crippen LogP contribution in [0.3, 0.4) is 0 Å². The Bertz CT molecular complexity index is 466. The zero-order chi connectivity index (χ0) is 14.3. The van der Waals surface area contributed by atoms with Crippen molar-refractivity contribution in [2.75, 3.05) is 13.1 Å². The predicted molar refractivity (Wildman–Crippen MR) is 77.7 cm³/mol. The van der Waals surface area contributed by atoms with Crippen molar-refractivity contribution in [1.82, 2.24) is 4.90 Å². The summed E-state index contributed by atoms with van der Waals surface area (Å²) in [7, 11) is 0. The number of rotatable bonds is 2. The maximum absolute atomic E-state index is 13.2. The van der Waals surface area contributed by atoms with Crippen LogP contribution in [0.25, 0.3) is 0 Å². The monoisotopic (exact) mass is 331 g/mol. The van der Waals surface area contributed by atoms with Crippen LogP contribution in [-0.4, -0.2) is 23.9 Å². The van der Waals surface area contributed by atoms with Crippen LogP contribution in [0.15, 0.2) is 22.7 Å². The molecule has 0 amide bonds. The van der Waals surface area contributed by atoms with Crippen molar-refractivity contribution in [3.63, 3.8) is 0 Å². The Kier molecular flexibility index (Phi) is 4.03. The summed E-state index contributed by atoms with van der Waals surface area (Å²) in [5.74, 6) is -2.52. The van der Waals surface area contributed by atoms with Crippen LogP contribution < -0.4 is 0 Å². The van der Waals surface area contributed by atoms with Gasteiger partial charge in [0.15, 0.2) is 0 Å². The van der Waals surface area contributed by atoms with Crippen LogP contribution in [0.1, 0.15) is 38.3 Å². The number of nitrogens with zero attached hydrogens (tertiary/aromatic N) is 1. The van der Waals surface area contributed by atoms with Gasteiger partial charge in [-0.2, -0.15) is 0 Å². The lowest BCUT2D eigenvalue weighted by Crippen LogP contribution is -2.25. The molecule has 0 spiro atoms. The normalized spacial score (nSPS) is 19.9. The summed E-state index contributed by atoms with van der Waals surface area (Å²) in [6.45, 7) is 7.42. The van der Waals surface area contributed by atoms with E-state index in [1.807, 2.05) is 11.0 Å². The van der Waals surface area contributed by atoms with E-state index < -0.39 is 5.92 Å². The van der Waals surface area contributed by atoms with Crippen LogP contribution in [0.5, 0.6) is 0 Å². The summed E-state index contributed by atoms with van der Waals surface area (Å²) >= 11 is 3.51. The summed E-state index contributed by atoms with van der Waals surface area (Å²) in [6, 6.07) is 6.25. The van der Waals surface area contributed by atoms with Gasteiger partial charge in [-0.05, 0) is 28.7 Å². The molecule has 0 unspecified atom stereocenters. The van der Waals surface area contributed by atoms with E-state index >= 15 is 0 Å². The molecule has 0 bridgehead atoms. The molecule has 1 aromatic carbocycles. The highest BCUT2D eigenvalue weighted by Crippen LogP contribution is 2.30. The highest BCUT2D eigenvalue weighted by Gasteiger charge is 2.37. The highest BCUT2D eigenvalue weighted by molar-refractivity contribution is 9.10. The number of hydrogen-bond donors (Lipinski definition) is 0. The molecule has 0 atom stereocenters. The first-order chi connectivity index (χ1) is 8.66. The SMILES string of the molecule is CC(C)(C)c1cc(Br)cc(CN2CCC(F)(F)C2)c1. The second kappa shape index (κ2) is 5.13. The van der Waals surface area contributed by atoms with E-state index in [1.165, 1.54) is 5.56 Å². The number of halogens is 3. The zero-order valence-electron chi connectivity index (χ0n) is 11.6. The summed E-state index contributed by atoms with van der Waals surface area (Å²) < 4.78 is 27.4. The van der Waals surface area contributed by atoms with Gasteiger partial charge < -0.3 is 0 Å². The van der Waals surface area contributed by atoms with Gasteiger partial charge in [0.25, 0.3) is 5.92 Å². The van der Waals surface area contributed by atoms with E-state index in [0.29, 0.717) is 13.1 Å². The molecular weight excluding hydrogens is 312 g/mol. The minimum absolute atomic E-state index is 0.0207. The predicted octanol–water partition coefficient (Wildman–Crippen LogP) is 4.59. The standard InChI is InChI=1S/C15H20BrF2N/c1-14(2,3)12-6-11(7-13(16)8-12)9-19-5-4-15(17,18)10-19/h6-8H,4-5,9-10H2,1-3H3. The van der Waals surface area contributed by atoms with Crippen LogP contribution >= 0.6 is 15.9 Å². The maximum atomic E-state index is 13.2. The van der Waals surface area contributed by atoms with Crippen molar-refractivity contribution in [1.29, 1.82) is 0 Å². The van der Waals surface area contributed by atoms with E-state index in [-0.39, 0.29) is 18.4 Å². The topological polar surface area (TPSA) is 3.24 Å². The maximum Gasteiger partial charge on any atom is 0.261 e. The third-order valence-corrected chi connectivity index (χ3v) is 3.94. The molecule has 1 aliphatic rings. The molecule has 106 valence electrons. The Balaban J connectivity index is 2.15. The van der Waals surface area contributed by atoms with Crippen molar-refractivity contribution in [3.05, 3.63) is 33.8 Å². The fourth-order valence-electron chi connectivity index (χ4n) is 2.37. The number of likely N-dealkylation sites (tertiary alicyclic amines) is 1. The van der Waals surface area contributed by atoms with Crippen molar-refractivity contribution < 1.29 is 8.78 Å². The van der Waals surface area contributed by atoms with Gasteiger partial charge >= 0.3 is 0 Å². The lowest BCUT2D eigenvalue weighted by Gasteiger charge is -2.22. The molecule has 2 rings (SSSR count). The van der Waals surface area contributed by atoms with Crippen molar-refractivity contribution in [2.45, 2.75) is 45.1 Å². The number of hydrogen-bond acceptors (Lipinski definition) is 1. The Morgan fingerprint density at radius 3 is 2.47 bits per heavy atom. The summed E-state index contributed by atoms with van der Waals surface area (Å²) in [4.78, 5) is 1.83. The van der Waals surface area contributed by atoms with Crippen molar-refractivity contribution in [2.24, 2.45) is 0 Å². The van der Waals surface area contributed by atoms with Gasteiger partial charge in [0.1, 0.15) is 0 Å². The molecule has 0 N–H and O–H groups in total. The first-order valence-corrected chi connectivity index (χ1v) is 7.35. The Hall–Kier alpha value is -0.480. The molecule has 0 radical (unpaired) electrons. The van der Waals surface area contributed by atoms with E-state index in [9.17, 15) is 8.78 Å². The Labute approximate surface area is 122 Å². The molecule has 1 aliphatic heterocycles. The first kappa shape index (κ1) is 14.9. The summed E-state index contributed by atoms with van der Waals surface area (Å²) in [5.41, 5.74) is 2.38. The van der Waals surface area contributed by atoms with Gasteiger partial charge in [-0.1, -0.05) is 42.8 Å². The van der Waals surface area contributed by atoms with E-state index in [1.54, 1.807) is 0 Å². The smallest absolute Gasteiger partial charge is 0.261 e. The Morgan fingerprint density at radius 2 is 1.95 bits per heavy atom. The highest BCUT2D eigenvalue weighted by atomic mass is 79.9. The fourth-order valence-corrected chi connectivity index (χ4v) is 2.92. The minimum atomic E-state index is -2.52. The molecule has 1 heterocycles.